The molecule has 2 unspecified atom stereocenters. The van der Waals surface area contributed by atoms with Crippen molar-refractivity contribution in [3.05, 3.63) is 68.2 Å². The molecule has 38 heavy (non-hydrogen) atoms. The summed E-state index contributed by atoms with van der Waals surface area (Å²) in [5, 5.41) is 21.6. The number of carboxylic acids is 1. The number of hydrogen-bond acceptors (Lipinski definition) is 10. The average Bonchev–Trinajstić information content (AvgIpc) is 3.53. The van der Waals surface area contributed by atoms with Crippen LogP contribution in [0.4, 0.5) is 0 Å². The number of nitrogens with zero attached hydrogens (tertiary/aromatic N) is 3. The second kappa shape index (κ2) is 11.2. The molecule has 10 nitrogen and oxygen atoms in total. The number of aryl methyl sites for hydroxylation is 1. The number of β-lactam (4-membered cyclic amide) rings is 1. The molecule has 5 rings (SSSR count). The first kappa shape index (κ1) is 26.9. The minimum absolute atomic E-state index is 0.00342. The number of rotatable bonds is 9. The number of ether oxygens (including phenoxy) is 1. The molecule has 1 aromatic carbocycles. The Morgan fingerprint density at radius 3 is 2.82 bits per heavy atom. The van der Waals surface area contributed by atoms with Crippen LogP contribution in [-0.4, -0.2) is 60.9 Å². The molecule has 1 saturated heterocycles. The maximum absolute atomic E-state index is 12.9. The summed E-state index contributed by atoms with van der Waals surface area (Å²) in [4.78, 5) is 39.0. The van der Waals surface area contributed by atoms with Crippen LogP contribution >= 0.6 is 58.1 Å². The van der Waals surface area contributed by atoms with Crippen molar-refractivity contribution in [1.29, 1.82) is 0 Å². The van der Waals surface area contributed by atoms with Gasteiger partial charge in [-0.05, 0) is 42.8 Å². The Bertz CT molecular complexity index is 1460. The standard InChI is InChI=1S/C23H18Cl2N4O6S3/c1-10-27-28-23(38-10)37-9-11-8-36-21-17(20(31)29(21)18(11)22(32)33)26-19(30)16-5-3-13(35-16)7-34-15-4-2-12(24)6-14(15)25/h2-6,17,21H,7-9H2,1H3,(H,26,30)(H,32,33). The van der Waals surface area contributed by atoms with E-state index in [2.05, 4.69) is 15.5 Å². The molecule has 2 amide bonds. The van der Waals surface area contributed by atoms with E-state index in [-0.39, 0.29) is 18.1 Å². The monoisotopic (exact) mass is 612 g/mol. The molecule has 2 atom stereocenters. The van der Waals surface area contributed by atoms with Gasteiger partial charge in [-0.25, -0.2) is 4.79 Å². The first-order chi connectivity index (χ1) is 18.2. The number of furan rings is 1. The number of aromatic nitrogens is 2. The Morgan fingerprint density at radius 2 is 2.11 bits per heavy atom. The van der Waals surface area contributed by atoms with Crippen molar-refractivity contribution in [2.75, 3.05) is 11.5 Å². The van der Waals surface area contributed by atoms with Gasteiger partial charge in [0.1, 0.15) is 40.2 Å². The van der Waals surface area contributed by atoms with Crippen LogP contribution in [0, 0.1) is 6.92 Å². The summed E-state index contributed by atoms with van der Waals surface area (Å²) in [5.74, 6) is -0.712. The highest BCUT2D eigenvalue weighted by molar-refractivity contribution is 8.01. The van der Waals surface area contributed by atoms with E-state index in [0.717, 1.165) is 9.35 Å². The normalized spacial score (nSPS) is 18.7. The molecule has 2 aliphatic heterocycles. The number of carbonyl (C=O) groups excluding carboxylic acids is 2. The van der Waals surface area contributed by atoms with Gasteiger partial charge in [0.25, 0.3) is 11.8 Å². The fraction of sp³-hybridized carbons (Fsp3) is 0.261. The molecule has 2 aromatic heterocycles. The quantitative estimate of drug-likeness (QED) is 0.263. The third-order valence-corrected chi connectivity index (χ3v) is 9.49. The lowest BCUT2D eigenvalue weighted by Gasteiger charge is -2.49. The Morgan fingerprint density at radius 1 is 1.29 bits per heavy atom. The van der Waals surface area contributed by atoms with E-state index in [1.807, 2.05) is 6.92 Å². The predicted octanol–water partition coefficient (Wildman–Crippen LogP) is 4.47. The van der Waals surface area contributed by atoms with E-state index in [0.29, 0.717) is 38.6 Å². The number of hydrogen-bond donors (Lipinski definition) is 2. The van der Waals surface area contributed by atoms with E-state index >= 15 is 0 Å². The molecule has 1 fully saturated rings. The molecule has 0 saturated carbocycles. The topological polar surface area (TPSA) is 135 Å². The zero-order valence-electron chi connectivity index (χ0n) is 19.5. The van der Waals surface area contributed by atoms with E-state index in [9.17, 15) is 19.5 Å². The molecular weight excluding hydrogens is 595 g/mol. The maximum Gasteiger partial charge on any atom is 0.352 e. The molecule has 0 bridgehead atoms. The molecule has 3 aromatic rings. The minimum Gasteiger partial charge on any atom is -0.484 e. The van der Waals surface area contributed by atoms with Crippen molar-refractivity contribution in [3.8, 4) is 5.75 Å². The van der Waals surface area contributed by atoms with Crippen LogP contribution in [-0.2, 0) is 16.2 Å². The lowest BCUT2D eigenvalue weighted by molar-refractivity contribution is -0.148. The predicted molar refractivity (Wildman–Crippen MR) is 144 cm³/mol. The van der Waals surface area contributed by atoms with Crippen LogP contribution in [0.2, 0.25) is 10.0 Å². The lowest BCUT2D eigenvalue weighted by Crippen LogP contribution is -2.70. The number of amides is 2. The van der Waals surface area contributed by atoms with Gasteiger partial charge >= 0.3 is 5.97 Å². The van der Waals surface area contributed by atoms with E-state index in [1.165, 1.54) is 45.8 Å². The summed E-state index contributed by atoms with van der Waals surface area (Å²) in [6.07, 6.45) is 0. The Kier molecular flexibility index (Phi) is 7.91. The van der Waals surface area contributed by atoms with Crippen molar-refractivity contribution < 1.29 is 28.6 Å². The number of aliphatic carboxylic acids is 1. The SMILES string of the molecule is Cc1nnc(SCC2=C(C(=O)O)N3C(=O)C(NC(=O)c4ccc(COc5ccc(Cl)cc5Cl)o4)C3SC2)s1. The lowest BCUT2D eigenvalue weighted by atomic mass is 10.0. The number of fused-ring (bicyclic) bond motifs is 1. The van der Waals surface area contributed by atoms with Crippen LogP contribution < -0.4 is 10.1 Å². The molecule has 15 heteroatoms. The highest BCUT2D eigenvalue weighted by Gasteiger charge is 2.54. The van der Waals surface area contributed by atoms with Crippen LogP contribution in [0.5, 0.6) is 5.75 Å². The molecular formula is C23H18Cl2N4O6S3. The minimum atomic E-state index is -1.19. The van der Waals surface area contributed by atoms with Gasteiger partial charge in [0.05, 0.1) is 5.02 Å². The number of nitrogens with one attached hydrogen (secondary N) is 1. The Labute approximate surface area is 238 Å². The van der Waals surface area contributed by atoms with E-state index < -0.39 is 29.2 Å². The number of halogens is 2. The molecule has 0 aliphatic carbocycles. The summed E-state index contributed by atoms with van der Waals surface area (Å²) in [5.41, 5.74) is 0.572. The van der Waals surface area contributed by atoms with Crippen LogP contribution in [0.25, 0.3) is 0 Å². The summed E-state index contributed by atoms with van der Waals surface area (Å²) < 4.78 is 11.9. The van der Waals surface area contributed by atoms with Crippen molar-refractivity contribution >= 4 is 75.8 Å². The summed E-state index contributed by atoms with van der Waals surface area (Å²) in [6, 6.07) is 6.99. The van der Waals surface area contributed by atoms with E-state index in [4.69, 9.17) is 32.4 Å². The summed E-state index contributed by atoms with van der Waals surface area (Å²) in [6.45, 7) is 1.86. The van der Waals surface area contributed by atoms with Gasteiger partial charge in [-0.1, -0.05) is 46.3 Å². The average molecular weight is 614 g/mol. The van der Waals surface area contributed by atoms with Gasteiger partial charge in [-0.15, -0.1) is 22.0 Å². The molecule has 4 heterocycles. The fourth-order valence-electron chi connectivity index (χ4n) is 3.81. The number of benzene rings is 1. The summed E-state index contributed by atoms with van der Waals surface area (Å²) >= 11 is 16.2. The van der Waals surface area contributed by atoms with Gasteiger partial charge in [-0.3, -0.25) is 14.5 Å². The first-order valence-electron chi connectivity index (χ1n) is 11.0. The van der Waals surface area contributed by atoms with Crippen molar-refractivity contribution in [2.24, 2.45) is 0 Å². The van der Waals surface area contributed by atoms with Gasteiger partial charge in [0.15, 0.2) is 10.1 Å². The van der Waals surface area contributed by atoms with Crippen molar-refractivity contribution in [2.45, 2.75) is 29.3 Å². The van der Waals surface area contributed by atoms with E-state index in [1.54, 1.807) is 24.3 Å². The highest BCUT2D eigenvalue weighted by atomic mass is 35.5. The fourth-order valence-corrected chi connectivity index (χ4v) is 7.57. The second-order valence-electron chi connectivity index (χ2n) is 8.12. The molecule has 2 N–H and O–H groups in total. The number of carboxylic acid groups (broad SMARTS) is 1. The first-order valence-corrected chi connectivity index (χ1v) is 14.6. The Balaban J connectivity index is 1.20. The molecule has 198 valence electrons. The van der Waals surface area contributed by atoms with Gasteiger partial charge < -0.3 is 19.6 Å². The maximum atomic E-state index is 12.9. The second-order valence-corrected chi connectivity index (χ2v) is 12.5. The zero-order chi connectivity index (χ0) is 27.0. The van der Waals surface area contributed by atoms with Crippen LogP contribution in [0.15, 0.2) is 50.4 Å². The number of thioether (sulfide) groups is 2. The summed E-state index contributed by atoms with van der Waals surface area (Å²) in [7, 11) is 0. The van der Waals surface area contributed by atoms with Gasteiger partial charge in [0.2, 0.25) is 0 Å². The molecule has 0 radical (unpaired) electrons. The largest absolute Gasteiger partial charge is 0.484 e. The van der Waals surface area contributed by atoms with Crippen LogP contribution in [0.1, 0.15) is 21.3 Å². The van der Waals surface area contributed by atoms with Gasteiger partial charge in [0, 0.05) is 16.5 Å². The highest BCUT2D eigenvalue weighted by Crippen LogP contribution is 2.42. The smallest absolute Gasteiger partial charge is 0.352 e. The zero-order valence-corrected chi connectivity index (χ0v) is 23.4. The number of carbonyl (C=O) groups is 3. The third kappa shape index (κ3) is 5.52. The Hall–Kier alpha value is -2.71. The third-order valence-electron chi connectivity index (χ3n) is 5.56. The van der Waals surface area contributed by atoms with Crippen molar-refractivity contribution in [1.82, 2.24) is 20.4 Å². The van der Waals surface area contributed by atoms with Crippen LogP contribution in [0.3, 0.4) is 0 Å². The van der Waals surface area contributed by atoms with Gasteiger partial charge in [-0.2, -0.15) is 0 Å². The van der Waals surface area contributed by atoms with Crippen molar-refractivity contribution in [3.63, 3.8) is 0 Å². The molecule has 2 aliphatic rings. The molecule has 0 spiro atoms.